The highest BCUT2D eigenvalue weighted by Crippen LogP contribution is 2.24. The van der Waals surface area contributed by atoms with Crippen LogP contribution in [0.25, 0.3) is 0 Å². The number of Topliss-reactive ketones (excluding diaryl/α,β-unsaturated/α-hetero) is 1. The number of fused-ring (bicyclic) bond motifs is 1. The Morgan fingerprint density at radius 1 is 0.931 bits per heavy atom. The number of ketones is 1. The zero-order valence-electron chi connectivity index (χ0n) is 15.5. The van der Waals surface area contributed by atoms with Gasteiger partial charge in [0.1, 0.15) is 0 Å². The number of nitrogens with zero attached hydrogens (tertiary/aromatic N) is 1. The lowest BCUT2D eigenvalue weighted by molar-refractivity contribution is 0.0474. The van der Waals surface area contributed by atoms with Gasteiger partial charge in [-0.3, -0.25) is 19.3 Å². The lowest BCUT2D eigenvalue weighted by Crippen LogP contribution is -2.30. The molecule has 0 saturated heterocycles. The summed E-state index contributed by atoms with van der Waals surface area (Å²) in [7, 11) is 0. The molecule has 29 heavy (non-hydrogen) atoms. The minimum Gasteiger partial charge on any atom is -0.454 e. The van der Waals surface area contributed by atoms with Crippen molar-refractivity contribution in [3.63, 3.8) is 0 Å². The number of hydrogen-bond donors (Lipinski definition) is 0. The van der Waals surface area contributed by atoms with Crippen molar-refractivity contribution in [2.24, 2.45) is 0 Å². The molecule has 1 aliphatic rings. The van der Waals surface area contributed by atoms with Crippen molar-refractivity contribution in [3.8, 4) is 0 Å². The Morgan fingerprint density at radius 3 is 2.31 bits per heavy atom. The first kappa shape index (κ1) is 20.3. The van der Waals surface area contributed by atoms with Crippen LogP contribution in [0.4, 0.5) is 8.78 Å². The molecular formula is C21H17F2NO5. The second kappa shape index (κ2) is 8.30. The quantitative estimate of drug-likeness (QED) is 0.404. The Labute approximate surface area is 165 Å². The fourth-order valence-corrected chi connectivity index (χ4v) is 2.90. The van der Waals surface area contributed by atoms with Gasteiger partial charge >= 0.3 is 5.97 Å². The largest absolute Gasteiger partial charge is 0.454 e. The molecule has 8 heteroatoms. The molecule has 0 radical (unpaired) electrons. The summed E-state index contributed by atoms with van der Waals surface area (Å²) in [5.74, 6) is -4.76. The van der Waals surface area contributed by atoms with Crippen LogP contribution in [0.5, 0.6) is 0 Å². The molecule has 1 heterocycles. The van der Waals surface area contributed by atoms with E-state index in [0.29, 0.717) is 13.0 Å². The van der Waals surface area contributed by atoms with E-state index in [1.54, 1.807) is 0 Å². The predicted molar refractivity (Wildman–Crippen MR) is 97.7 cm³/mol. The molecule has 2 amide bonds. The maximum absolute atomic E-state index is 13.2. The molecule has 2 aromatic carbocycles. The number of carbonyl (C=O) groups excluding carboxylic acids is 4. The van der Waals surface area contributed by atoms with Crippen LogP contribution in [-0.2, 0) is 4.74 Å². The topological polar surface area (TPSA) is 80.8 Å². The first-order valence-corrected chi connectivity index (χ1v) is 8.99. The van der Waals surface area contributed by atoms with Crippen LogP contribution < -0.4 is 0 Å². The van der Waals surface area contributed by atoms with Crippen LogP contribution in [0.15, 0.2) is 36.4 Å². The van der Waals surface area contributed by atoms with E-state index in [0.717, 1.165) is 29.5 Å². The predicted octanol–water partition coefficient (Wildman–Crippen LogP) is 3.40. The van der Waals surface area contributed by atoms with Crippen molar-refractivity contribution >= 4 is 23.6 Å². The molecule has 0 atom stereocenters. The van der Waals surface area contributed by atoms with Gasteiger partial charge in [-0.25, -0.2) is 13.6 Å². The van der Waals surface area contributed by atoms with Crippen molar-refractivity contribution in [3.05, 3.63) is 70.3 Å². The van der Waals surface area contributed by atoms with Crippen LogP contribution in [0.2, 0.25) is 0 Å². The molecule has 0 saturated carbocycles. The Hall–Kier alpha value is -3.42. The van der Waals surface area contributed by atoms with E-state index in [4.69, 9.17) is 4.74 Å². The van der Waals surface area contributed by atoms with Crippen LogP contribution in [0.1, 0.15) is 61.2 Å². The first-order valence-electron chi connectivity index (χ1n) is 8.99. The molecule has 3 rings (SSSR count). The zero-order valence-corrected chi connectivity index (χ0v) is 15.5. The summed E-state index contributed by atoms with van der Waals surface area (Å²) >= 11 is 0. The zero-order chi connectivity index (χ0) is 21.1. The minimum absolute atomic E-state index is 0.000304. The highest BCUT2D eigenvalue weighted by Gasteiger charge is 2.35. The first-order chi connectivity index (χ1) is 13.8. The second-order valence-electron chi connectivity index (χ2n) is 6.50. The number of halogens is 2. The molecule has 0 spiro atoms. The van der Waals surface area contributed by atoms with Crippen LogP contribution in [0.3, 0.4) is 0 Å². The number of unbranched alkanes of at least 4 members (excludes halogenated alkanes) is 1. The standard InChI is InChI=1S/C21H17F2NO5/c1-2-3-8-24-19(26)14-6-4-13(9-15(14)20(24)27)21(28)29-11-18(25)12-5-7-16(22)17(23)10-12/h4-7,9-10H,2-3,8,11H2,1H3. The summed E-state index contributed by atoms with van der Waals surface area (Å²) in [5, 5.41) is 0. The number of ether oxygens (including phenoxy) is 1. The Kier molecular flexibility index (Phi) is 5.81. The van der Waals surface area contributed by atoms with Crippen molar-refractivity contribution in [1.29, 1.82) is 0 Å². The number of carbonyl (C=O) groups is 4. The number of amides is 2. The molecule has 0 unspecified atom stereocenters. The molecule has 1 aliphatic heterocycles. The molecule has 0 N–H and O–H groups in total. The van der Waals surface area contributed by atoms with Gasteiger partial charge in [0.15, 0.2) is 24.0 Å². The Bertz CT molecular complexity index is 1020. The molecule has 2 aromatic rings. The monoisotopic (exact) mass is 401 g/mol. The molecule has 0 fully saturated rings. The number of benzene rings is 2. The molecule has 0 bridgehead atoms. The van der Waals surface area contributed by atoms with Crippen LogP contribution in [-0.4, -0.2) is 41.6 Å². The van der Waals surface area contributed by atoms with Crippen LogP contribution in [0, 0.1) is 11.6 Å². The summed E-state index contributed by atoms with van der Waals surface area (Å²) in [6.07, 6.45) is 1.49. The van der Waals surface area contributed by atoms with Gasteiger partial charge in [0.05, 0.1) is 16.7 Å². The summed E-state index contributed by atoms with van der Waals surface area (Å²) < 4.78 is 31.1. The minimum atomic E-state index is -1.18. The summed E-state index contributed by atoms with van der Waals surface area (Å²) in [6, 6.07) is 6.56. The van der Waals surface area contributed by atoms with Gasteiger partial charge in [-0.15, -0.1) is 0 Å². The smallest absolute Gasteiger partial charge is 0.338 e. The number of esters is 1. The summed E-state index contributed by atoms with van der Waals surface area (Å²) in [5.41, 5.74) is 0.173. The maximum Gasteiger partial charge on any atom is 0.338 e. The third-order valence-electron chi connectivity index (χ3n) is 4.52. The normalized spacial score (nSPS) is 12.9. The van der Waals surface area contributed by atoms with Gasteiger partial charge in [-0.05, 0) is 42.8 Å². The van der Waals surface area contributed by atoms with E-state index < -0.39 is 41.8 Å². The average Bonchev–Trinajstić information content (AvgIpc) is 2.96. The average molecular weight is 401 g/mol. The molecule has 6 nitrogen and oxygen atoms in total. The molecule has 150 valence electrons. The molecule has 0 aromatic heterocycles. The van der Waals surface area contributed by atoms with E-state index in [-0.39, 0.29) is 22.3 Å². The number of hydrogen-bond acceptors (Lipinski definition) is 5. The van der Waals surface area contributed by atoms with Gasteiger partial charge < -0.3 is 4.74 Å². The Morgan fingerprint density at radius 2 is 1.62 bits per heavy atom. The van der Waals surface area contributed by atoms with Crippen molar-refractivity contribution < 1.29 is 32.7 Å². The highest BCUT2D eigenvalue weighted by atomic mass is 19.2. The van der Waals surface area contributed by atoms with Crippen molar-refractivity contribution in [2.45, 2.75) is 19.8 Å². The van der Waals surface area contributed by atoms with E-state index in [1.807, 2.05) is 6.92 Å². The SMILES string of the molecule is CCCCN1C(=O)c2ccc(C(=O)OCC(=O)c3ccc(F)c(F)c3)cc2C1=O. The lowest BCUT2D eigenvalue weighted by Gasteiger charge is -2.12. The fraction of sp³-hybridized carbons (Fsp3) is 0.238. The van der Waals surface area contributed by atoms with Crippen molar-refractivity contribution in [1.82, 2.24) is 4.90 Å². The van der Waals surface area contributed by atoms with Gasteiger partial charge in [0.2, 0.25) is 0 Å². The van der Waals surface area contributed by atoms with Gasteiger partial charge in [-0.2, -0.15) is 0 Å². The van der Waals surface area contributed by atoms with Gasteiger partial charge in [-0.1, -0.05) is 13.3 Å². The molecule has 0 aliphatic carbocycles. The molecular weight excluding hydrogens is 384 g/mol. The van der Waals surface area contributed by atoms with E-state index in [2.05, 4.69) is 0 Å². The van der Waals surface area contributed by atoms with Gasteiger partial charge in [0, 0.05) is 12.1 Å². The van der Waals surface area contributed by atoms with E-state index in [1.165, 1.54) is 18.2 Å². The third kappa shape index (κ3) is 4.06. The lowest BCUT2D eigenvalue weighted by atomic mass is 10.1. The summed E-state index contributed by atoms with van der Waals surface area (Å²) in [6.45, 7) is 1.55. The van der Waals surface area contributed by atoms with Crippen LogP contribution >= 0.6 is 0 Å². The number of imide groups is 1. The van der Waals surface area contributed by atoms with E-state index >= 15 is 0 Å². The van der Waals surface area contributed by atoms with E-state index in [9.17, 15) is 28.0 Å². The number of rotatable bonds is 7. The summed E-state index contributed by atoms with van der Waals surface area (Å²) in [4.78, 5) is 50.1. The Balaban J connectivity index is 1.69. The third-order valence-corrected chi connectivity index (χ3v) is 4.52. The fourth-order valence-electron chi connectivity index (χ4n) is 2.90. The maximum atomic E-state index is 13.2. The second-order valence-corrected chi connectivity index (χ2v) is 6.50. The highest BCUT2D eigenvalue weighted by molar-refractivity contribution is 6.22. The van der Waals surface area contributed by atoms with Gasteiger partial charge in [0.25, 0.3) is 11.8 Å². The van der Waals surface area contributed by atoms with Crippen molar-refractivity contribution in [2.75, 3.05) is 13.2 Å².